The van der Waals surface area contributed by atoms with Crippen LogP contribution in [0, 0.1) is 0 Å². The summed E-state index contributed by atoms with van der Waals surface area (Å²) in [5, 5.41) is 3.44. The van der Waals surface area contributed by atoms with Crippen LogP contribution in [-0.4, -0.2) is 18.0 Å². The van der Waals surface area contributed by atoms with Crippen LogP contribution >= 0.6 is 27.5 Å². The van der Waals surface area contributed by atoms with Crippen molar-refractivity contribution in [2.75, 3.05) is 0 Å². The number of hydrogen-bond acceptors (Lipinski definition) is 2. The van der Waals surface area contributed by atoms with E-state index in [1.165, 1.54) is 0 Å². The fraction of sp³-hybridized carbons (Fsp3) is 0.462. The van der Waals surface area contributed by atoms with Gasteiger partial charge in [-0.2, -0.15) is 0 Å². The van der Waals surface area contributed by atoms with E-state index in [4.69, 9.17) is 17.3 Å². The zero-order chi connectivity index (χ0) is 13.1. The Balaban J connectivity index is 2.09. The lowest BCUT2D eigenvalue weighted by molar-refractivity contribution is 0.0921. The van der Waals surface area contributed by atoms with Gasteiger partial charge in [0.1, 0.15) is 0 Å². The topological polar surface area (TPSA) is 55.1 Å². The third kappa shape index (κ3) is 3.25. The van der Waals surface area contributed by atoms with Gasteiger partial charge in [-0.3, -0.25) is 4.79 Å². The van der Waals surface area contributed by atoms with E-state index in [2.05, 4.69) is 21.2 Å². The first-order valence-corrected chi connectivity index (χ1v) is 7.26. The lowest BCUT2D eigenvalue weighted by Crippen LogP contribution is -2.49. The van der Waals surface area contributed by atoms with Crippen LogP contribution in [0.1, 0.15) is 36.0 Å². The summed E-state index contributed by atoms with van der Waals surface area (Å²) in [4.78, 5) is 12.2. The molecule has 2 unspecified atom stereocenters. The molecule has 1 saturated carbocycles. The van der Waals surface area contributed by atoms with E-state index in [-0.39, 0.29) is 18.0 Å². The van der Waals surface area contributed by atoms with E-state index in [1.54, 1.807) is 12.1 Å². The molecule has 3 N–H and O–H groups in total. The SMILES string of the molecule is NC1CCCCC1NC(=O)c1cc(Br)ccc1Cl. The largest absolute Gasteiger partial charge is 0.348 e. The molecule has 1 aromatic rings. The third-order valence-corrected chi connectivity index (χ3v) is 4.13. The molecule has 0 saturated heterocycles. The number of rotatable bonds is 2. The minimum atomic E-state index is -0.149. The van der Waals surface area contributed by atoms with Gasteiger partial charge in [0.05, 0.1) is 10.6 Å². The van der Waals surface area contributed by atoms with Gasteiger partial charge in [-0.15, -0.1) is 0 Å². The van der Waals surface area contributed by atoms with Crippen LogP contribution in [0.4, 0.5) is 0 Å². The maximum atomic E-state index is 12.2. The summed E-state index contributed by atoms with van der Waals surface area (Å²) < 4.78 is 0.838. The Morgan fingerprint density at radius 1 is 1.39 bits per heavy atom. The highest BCUT2D eigenvalue weighted by Crippen LogP contribution is 2.22. The van der Waals surface area contributed by atoms with Crippen molar-refractivity contribution in [2.45, 2.75) is 37.8 Å². The predicted molar refractivity (Wildman–Crippen MR) is 76.8 cm³/mol. The molecular weight excluding hydrogens is 316 g/mol. The molecule has 2 atom stereocenters. The Bertz CT molecular complexity index is 453. The van der Waals surface area contributed by atoms with Gasteiger partial charge in [0.25, 0.3) is 5.91 Å². The summed E-state index contributed by atoms with van der Waals surface area (Å²) in [6.07, 6.45) is 4.17. The number of hydrogen-bond donors (Lipinski definition) is 2. The number of benzene rings is 1. The summed E-state index contributed by atoms with van der Waals surface area (Å²) in [7, 11) is 0. The number of nitrogens with one attached hydrogen (secondary N) is 1. The fourth-order valence-corrected chi connectivity index (χ4v) is 2.82. The van der Waals surface area contributed by atoms with Gasteiger partial charge in [-0.25, -0.2) is 0 Å². The first-order chi connectivity index (χ1) is 8.58. The van der Waals surface area contributed by atoms with Gasteiger partial charge < -0.3 is 11.1 Å². The molecule has 1 aliphatic rings. The van der Waals surface area contributed by atoms with Crippen molar-refractivity contribution < 1.29 is 4.79 Å². The molecular formula is C13H16BrClN2O. The van der Waals surface area contributed by atoms with Crippen molar-refractivity contribution in [3.05, 3.63) is 33.3 Å². The Labute approximate surface area is 120 Å². The minimum absolute atomic E-state index is 0.0497. The third-order valence-electron chi connectivity index (χ3n) is 3.31. The second kappa shape index (κ2) is 6.04. The molecule has 0 heterocycles. The Kier molecular flexibility index (Phi) is 4.65. The second-order valence-corrected chi connectivity index (χ2v) is 5.98. The van der Waals surface area contributed by atoms with E-state index < -0.39 is 0 Å². The fourth-order valence-electron chi connectivity index (χ4n) is 2.26. The summed E-state index contributed by atoms with van der Waals surface area (Å²) in [5.74, 6) is -0.149. The van der Waals surface area contributed by atoms with Crippen molar-refractivity contribution in [1.29, 1.82) is 0 Å². The average Bonchev–Trinajstić information content (AvgIpc) is 2.35. The van der Waals surface area contributed by atoms with Crippen molar-refractivity contribution in [1.82, 2.24) is 5.32 Å². The molecule has 18 heavy (non-hydrogen) atoms. The summed E-state index contributed by atoms with van der Waals surface area (Å²) in [6.45, 7) is 0. The van der Waals surface area contributed by atoms with Crippen molar-refractivity contribution in [2.24, 2.45) is 5.73 Å². The molecule has 1 aliphatic carbocycles. The van der Waals surface area contributed by atoms with Crippen LogP contribution < -0.4 is 11.1 Å². The first-order valence-electron chi connectivity index (χ1n) is 6.09. The highest BCUT2D eigenvalue weighted by Gasteiger charge is 2.24. The minimum Gasteiger partial charge on any atom is -0.348 e. The number of halogens is 2. The van der Waals surface area contributed by atoms with Gasteiger partial charge >= 0.3 is 0 Å². The molecule has 0 bridgehead atoms. The zero-order valence-electron chi connectivity index (χ0n) is 9.96. The van der Waals surface area contributed by atoms with E-state index in [1.807, 2.05) is 6.07 Å². The maximum absolute atomic E-state index is 12.2. The van der Waals surface area contributed by atoms with Gasteiger partial charge in [-0.05, 0) is 31.0 Å². The molecule has 1 fully saturated rings. The van der Waals surface area contributed by atoms with Gasteiger partial charge in [0, 0.05) is 16.6 Å². The molecule has 0 aromatic heterocycles. The molecule has 0 spiro atoms. The summed E-state index contributed by atoms with van der Waals surface area (Å²) in [6, 6.07) is 5.36. The molecule has 3 nitrogen and oxygen atoms in total. The van der Waals surface area contributed by atoms with Gasteiger partial charge in [-0.1, -0.05) is 40.4 Å². The average molecular weight is 332 g/mol. The number of amides is 1. The normalized spacial score (nSPS) is 23.7. The Morgan fingerprint density at radius 2 is 2.11 bits per heavy atom. The molecule has 98 valence electrons. The van der Waals surface area contributed by atoms with E-state index in [0.717, 1.165) is 30.2 Å². The molecule has 5 heteroatoms. The van der Waals surface area contributed by atoms with Crippen molar-refractivity contribution in [3.63, 3.8) is 0 Å². The molecule has 2 rings (SSSR count). The van der Waals surface area contributed by atoms with Crippen LogP contribution in [0.5, 0.6) is 0 Å². The monoisotopic (exact) mass is 330 g/mol. The highest BCUT2D eigenvalue weighted by molar-refractivity contribution is 9.10. The molecule has 0 radical (unpaired) electrons. The maximum Gasteiger partial charge on any atom is 0.253 e. The number of nitrogens with two attached hydrogens (primary N) is 1. The van der Waals surface area contributed by atoms with Crippen LogP contribution in [0.15, 0.2) is 22.7 Å². The van der Waals surface area contributed by atoms with Crippen molar-refractivity contribution in [3.8, 4) is 0 Å². The van der Waals surface area contributed by atoms with Gasteiger partial charge in [0.2, 0.25) is 0 Å². The van der Waals surface area contributed by atoms with E-state index >= 15 is 0 Å². The van der Waals surface area contributed by atoms with E-state index in [0.29, 0.717) is 10.6 Å². The van der Waals surface area contributed by atoms with Crippen LogP contribution in [-0.2, 0) is 0 Å². The van der Waals surface area contributed by atoms with Crippen molar-refractivity contribution >= 4 is 33.4 Å². The molecule has 1 amide bonds. The summed E-state index contributed by atoms with van der Waals surface area (Å²) >= 11 is 9.37. The Morgan fingerprint density at radius 3 is 2.83 bits per heavy atom. The van der Waals surface area contributed by atoms with Gasteiger partial charge in [0.15, 0.2) is 0 Å². The quantitative estimate of drug-likeness (QED) is 0.875. The second-order valence-electron chi connectivity index (χ2n) is 4.65. The predicted octanol–water partition coefficient (Wildman–Crippen LogP) is 3.10. The molecule has 1 aromatic carbocycles. The number of carbonyl (C=O) groups excluding carboxylic acids is 1. The first kappa shape index (κ1) is 13.8. The smallest absolute Gasteiger partial charge is 0.253 e. The molecule has 0 aliphatic heterocycles. The standard InChI is InChI=1S/C13H16BrClN2O/c14-8-5-6-10(15)9(7-8)13(18)17-12-4-2-1-3-11(12)16/h5-7,11-12H,1-4,16H2,(H,17,18). The lowest BCUT2D eigenvalue weighted by atomic mass is 9.91. The highest BCUT2D eigenvalue weighted by atomic mass is 79.9. The number of carbonyl (C=O) groups is 1. The zero-order valence-corrected chi connectivity index (χ0v) is 12.3. The lowest BCUT2D eigenvalue weighted by Gasteiger charge is -2.29. The summed E-state index contributed by atoms with van der Waals surface area (Å²) in [5.41, 5.74) is 6.51. The van der Waals surface area contributed by atoms with Crippen LogP contribution in [0.25, 0.3) is 0 Å². The van der Waals surface area contributed by atoms with Crippen LogP contribution in [0.2, 0.25) is 5.02 Å². The van der Waals surface area contributed by atoms with E-state index in [9.17, 15) is 4.79 Å². The van der Waals surface area contributed by atoms with Crippen LogP contribution in [0.3, 0.4) is 0 Å². The Hall–Kier alpha value is -0.580.